The number of methoxy groups -OCH3 is 1. The first-order valence-corrected chi connectivity index (χ1v) is 13.7. The fraction of sp³-hybridized carbons (Fsp3) is 0.133. The highest BCUT2D eigenvalue weighted by Crippen LogP contribution is 2.30. The zero-order valence-corrected chi connectivity index (χ0v) is 22.5. The molecule has 8 nitrogen and oxygen atoms in total. The first-order chi connectivity index (χ1) is 18.9. The Hall–Kier alpha value is -4.63. The highest BCUT2D eigenvalue weighted by molar-refractivity contribution is 7.92. The van der Waals surface area contributed by atoms with Crippen molar-refractivity contribution >= 4 is 27.8 Å². The van der Waals surface area contributed by atoms with Gasteiger partial charge in [0.2, 0.25) is 0 Å². The molecule has 0 fully saturated rings. The van der Waals surface area contributed by atoms with Gasteiger partial charge in [-0.2, -0.15) is 5.10 Å². The van der Waals surface area contributed by atoms with E-state index in [4.69, 9.17) is 9.47 Å². The Morgan fingerprint density at radius 2 is 1.51 bits per heavy atom. The van der Waals surface area contributed by atoms with E-state index in [2.05, 4.69) is 10.5 Å². The first-order valence-electron chi connectivity index (χ1n) is 12.3. The summed E-state index contributed by atoms with van der Waals surface area (Å²) in [6.07, 6.45) is 1.51. The molecule has 0 aliphatic rings. The standard InChI is InChI=1S/C30H29N3O5S/c1-3-38-26-15-13-23(14-16-26)21-31-32-30(34)28-11-7-8-12-29(28)33(22-24-9-5-4-6-10-24)39(35,36)27-19-17-25(37-2)18-20-27/h4-21H,3,22H2,1-2H3,(H,32,34)/b31-21-. The van der Waals surface area contributed by atoms with Crippen LogP contribution in [0.1, 0.15) is 28.4 Å². The molecule has 4 aromatic rings. The minimum Gasteiger partial charge on any atom is -0.497 e. The van der Waals surface area contributed by atoms with E-state index in [1.165, 1.54) is 29.8 Å². The summed E-state index contributed by atoms with van der Waals surface area (Å²) in [4.78, 5) is 13.3. The van der Waals surface area contributed by atoms with Crippen molar-refractivity contribution in [2.24, 2.45) is 5.10 Å². The van der Waals surface area contributed by atoms with Crippen LogP contribution in [-0.4, -0.2) is 34.3 Å². The van der Waals surface area contributed by atoms with E-state index >= 15 is 0 Å². The smallest absolute Gasteiger partial charge is 0.273 e. The average molecular weight is 544 g/mol. The van der Waals surface area contributed by atoms with Crippen LogP contribution in [0.5, 0.6) is 11.5 Å². The van der Waals surface area contributed by atoms with Crippen molar-refractivity contribution in [3.8, 4) is 11.5 Å². The normalized spacial score (nSPS) is 11.2. The lowest BCUT2D eigenvalue weighted by atomic mass is 10.1. The van der Waals surface area contributed by atoms with Crippen LogP contribution in [0.3, 0.4) is 0 Å². The van der Waals surface area contributed by atoms with Crippen molar-refractivity contribution in [3.63, 3.8) is 0 Å². The summed E-state index contributed by atoms with van der Waals surface area (Å²) in [5.41, 5.74) is 4.43. The van der Waals surface area contributed by atoms with Crippen molar-refractivity contribution in [3.05, 3.63) is 120 Å². The highest BCUT2D eigenvalue weighted by Gasteiger charge is 2.28. The van der Waals surface area contributed by atoms with Gasteiger partial charge < -0.3 is 9.47 Å². The molecule has 0 saturated heterocycles. The lowest BCUT2D eigenvalue weighted by Gasteiger charge is -2.26. The van der Waals surface area contributed by atoms with Crippen LogP contribution < -0.4 is 19.2 Å². The van der Waals surface area contributed by atoms with E-state index in [0.29, 0.717) is 12.4 Å². The predicted octanol–water partition coefficient (Wildman–Crippen LogP) is 5.25. The Labute approximate surface area is 228 Å². The second kappa shape index (κ2) is 12.7. The maximum Gasteiger partial charge on any atom is 0.273 e. The molecule has 0 bridgehead atoms. The molecule has 1 amide bonds. The number of hydrogen-bond donors (Lipinski definition) is 1. The van der Waals surface area contributed by atoms with Gasteiger partial charge in [0.25, 0.3) is 15.9 Å². The van der Waals surface area contributed by atoms with Crippen LogP contribution in [0.15, 0.2) is 113 Å². The largest absolute Gasteiger partial charge is 0.497 e. The first kappa shape index (κ1) is 27.4. The van der Waals surface area contributed by atoms with Gasteiger partial charge in [0, 0.05) is 0 Å². The topological polar surface area (TPSA) is 97.3 Å². The van der Waals surface area contributed by atoms with Gasteiger partial charge in [-0.05, 0) is 78.7 Å². The summed E-state index contributed by atoms with van der Waals surface area (Å²) >= 11 is 0. The van der Waals surface area contributed by atoms with E-state index in [0.717, 1.165) is 16.9 Å². The van der Waals surface area contributed by atoms with Crippen molar-refractivity contribution in [1.29, 1.82) is 0 Å². The lowest BCUT2D eigenvalue weighted by Crippen LogP contribution is -2.33. The molecule has 0 saturated carbocycles. The third-order valence-electron chi connectivity index (χ3n) is 5.80. The van der Waals surface area contributed by atoms with E-state index in [-0.39, 0.29) is 22.7 Å². The Morgan fingerprint density at radius 1 is 0.872 bits per heavy atom. The minimum atomic E-state index is -4.06. The molecule has 200 valence electrons. The number of para-hydroxylation sites is 1. The molecule has 0 aromatic heterocycles. The van der Waals surface area contributed by atoms with Gasteiger partial charge in [-0.25, -0.2) is 13.8 Å². The maximum absolute atomic E-state index is 13.9. The molecule has 0 unspecified atom stereocenters. The van der Waals surface area contributed by atoms with Crippen LogP contribution in [0.2, 0.25) is 0 Å². The molecule has 0 aliphatic heterocycles. The zero-order valence-electron chi connectivity index (χ0n) is 21.7. The number of hydrazone groups is 1. The number of amides is 1. The predicted molar refractivity (Wildman–Crippen MR) is 152 cm³/mol. The van der Waals surface area contributed by atoms with Gasteiger partial charge in [0.15, 0.2) is 0 Å². The van der Waals surface area contributed by atoms with Crippen molar-refractivity contribution in [1.82, 2.24) is 5.43 Å². The highest BCUT2D eigenvalue weighted by atomic mass is 32.2. The SMILES string of the molecule is CCOc1ccc(/C=N\NC(=O)c2ccccc2N(Cc2ccccc2)S(=O)(=O)c2ccc(OC)cc2)cc1. The number of benzene rings is 4. The summed E-state index contributed by atoms with van der Waals surface area (Å²) in [5, 5.41) is 4.07. The molecule has 4 aromatic carbocycles. The Bertz CT molecular complexity index is 1520. The second-order valence-electron chi connectivity index (χ2n) is 8.39. The summed E-state index contributed by atoms with van der Waals surface area (Å²) in [5.74, 6) is 0.730. The van der Waals surface area contributed by atoms with Gasteiger partial charge in [-0.1, -0.05) is 42.5 Å². The number of carbonyl (C=O) groups is 1. The van der Waals surface area contributed by atoms with Gasteiger partial charge in [-0.15, -0.1) is 0 Å². The molecule has 39 heavy (non-hydrogen) atoms. The molecule has 0 radical (unpaired) electrons. The molecule has 0 aliphatic carbocycles. The average Bonchev–Trinajstić information content (AvgIpc) is 2.97. The molecule has 0 heterocycles. The number of sulfonamides is 1. The summed E-state index contributed by atoms with van der Waals surface area (Å²) < 4.78 is 39.6. The maximum atomic E-state index is 13.9. The summed E-state index contributed by atoms with van der Waals surface area (Å²) in [6, 6.07) is 29.1. The van der Waals surface area contributed by atoms with Gasteiger partial charge in [0.1, 0.15) is 11.5 Å². The lowest BCUT2D eigenvalue weighted by molar-refractivity contribution is 0.0955. The molecule has 1 N–H and O–H groups in total. The molecular weight excluding hydrogens is 514 g/mol. The molecule has 0 spiro atoms. The quantitative estimate of drug-likeness (QED) is 0.206. The van der Waals surface area contributed by atoms with E-state index in [9.17, 15) is 13.2 Å². The minimum absolute atomic E-state index is 0.0228. The number of carbonyl (C=O) groups excluding carboxylic acids is 1. The number of nitrogens with one attached hydrogen (secondary N) is 1. The van der Waals surface area contributed by atoms with Crippen LogP contribution in [0, 0.1) is 0 Å². The Kier molecular flexibility index (Phi) is 8.96. The third kappa shape index (κ3) is 6.82. The van der Waals surface area contributed by atoms with Crippen molar-refractivity contribution in [2.45, 2.75) is 18.4 Å². The second-order valence-corrected chi connectivity index (χ2v) is 10.3. The van der Waals surface area contributed by atoms with E-state index in [1.54, 1.807) is 36.4 Å². The van der Waals surface area contributed by atoms with Gasteiger partial charge in [0.05, 0.1) is 42.6 Å². The summed E-state index contributed by atoms with van der Waals surface area (Å²) in [7, 11) is -2.55. The van der Waals surface area contributed by atoms with Crippen LogP contribution in [0.25, 0.3) is 0 Å². The monoisotopic (exact) mass is 543 g/mol. The Morgan fingerprint density at radius 3 is 2.18 bits per heavy atom. The number of anilines is 1. The number of rotatable bonds is 11. The Balaban J connectivity index is 1.65. The van der Waals surface area contributed by atoms with E-state index < -0.39 is 15.9 Å². The number of ether oxygens (including phenoxy) is 2. The van der Waals surface area contributed by atoms with Gasteiger partial charge >= 0.3 is 0 Å². The van der Waals surface area contributed by atoms with Crippen molar-refractivity contribution < 1.29 is 22.7 Å². The van der Waals surface area contributed by atoms with Crippen LogP contribution in [0.4, 0.5) is 5.69 Å². The summed E-state index contributed by atoms with van der Waals surface area (Å²) in [6.45, 7) is 2.50. The van der Waals surface area contributed by atoms with E-state index in [1.807, 2.05) is 61.5 Å². The fourth-order valence-corrected chi connectivity index (χ4v) is 5.32. The number of hydrogen-bond acceptors (Lipinski definition) is 6. The third-order valence-corrected chi connectivity index (χ3v) is 7.58. The molecular formula is C30H29N3O5S. The van der Waals surface area contributed by atoms with Gasteiger partial charge in [-0.3, -0.25) is 9.10 Å². The zero-order chi connectivity index (χ0) is 27.7. The van der Waals surface area contributed by atoms with Crippen LogP contribution in [-0.2, 0) is 16.6 Å². The molecule has 4 rings (SSSR count). The fourth-order valence-electron chi connectivity index (χ4n) is 3.85. The molecule has 9 heteroatoms. The van der Waals surface area contributed by atoms with Crippen molar-refractivity contribution in [2.75, 3.05) is 18.0 Å². The van der Waals surface area contributed by atoms with Crippen LogP contribution >= 0.6 is 0 Å². The molecule has 0 atom stereocenters. The number of nitrogens with zero attached hydrogens (tertiary/aromatic N) is 2.